The first-order valence-corrected chi connectivity index (χ1v) is 8.46. The highest BCUT2D eigenvalue weighted by molar-refractivity contribution is 7.66. The van der Waals surface area contributed by atoms with E-state index in [4.69, 9.17) is 10.3 Å². The van der Waals surface area contributed by atoms with Gasteiger partial charge in [0, 0.05) is 11.5 Å². The lowest BCUT2D eigenvalue weighted by Gasteiger charge is -2.25. The van der Waals surface area contributed by atoms with Crippen molar-refractivity contribution in [1.29, 1.82) is 0 Å². The average Bonchev–Trinajstić information content (AvgIpc) is 2.38. The molecule has 3 N–H and O–H groups in total. The Morgan fingerprint density at radius 2 is 1.89 bits per heavy atom. The van der Waals surface area contributed by atoms with Crippen molar-refractivity contribution in [2.75, 3.05) is 6.16 Å². The number of benzene rings is 1. The van der Waals surface area contributed by atoms with Crippen molar-refractivity contribution in [2.45, 2.75) is 39.5 Å². The Kier molecular flexibility index (Phi) is 6.21. The summed E-state index contributed by atoms with van der Waals surface area (Å²) in [6, 6.07) is 8.45. The molecule has 3 atom stereocenters. The zero-order chi connectivity index (χ0) is 14.5. The standard InChI is InChI=1S/C14H24NO3P/c1-4-19(17,12-8-6-5-7-9-12)18-14(16)13(15)10-11(2)3/h5-9,11,13-14,16H,4,10,15H2,1-3H3/t13-,14?,19?/m0/s1. The molecule has 19 heavy (non-hydrogen) atoms. The molecule has 0 aliphatic rings. The predicted octanol–water partition coefficient (Wildman–Crippen LogP) is 2.32. The van der Waals surface area contributed by atoms with Crippen molar-refractivity contribution in [3.63, 3.8) is 0 Å². The van der Waals surface area contributed by atoms with Gasteiger partial charge in [-0.2, -0.15) is 0 Å². The molecule has 0 fully saturated rings. The Morgan fingerprint density at radius 1 is 1.32 bits per heavy atom. The molecule has 1 aromatic rings. The maximum atomic E-state index is 12.7. The molecule has 1 rings (SSSR count). The van der Waals surface area contributed by atoms with Crippen LogP contribution >= 0.6 is 7.37 Å². The van der Waals surface area contributed by atoms with E-state index in [0.717, 1.165) is 0 Å². The smallest absolute Gasteiger partial charge is 0.234 e. The second-order valence-electron chi connectivity index (χ2n) is 5.11. The summed E-state index contributed by atoms with van der Waals surface area (Å²) in [6.07, 6.45) is -0.240. The van der Waals surface area contributed by atoms with E-state index in [2.05, 4.69) is 0 Å². The lowest BCUT2D eigenvalue weighted by molar-refractivity contribution is -0.0369. The number of nitrogens with two attached hydrogens (primary N) is 1. The van der Waals surface area contributed by atoms with Crippen LogP contribution in [0.5, 0.6) is 0 Å². The monoisotopic (exact) mass is 285 g/mol. The SMILES string of the molecule is CCP(=O)(OC(O)[C@@H](N)CC(C)C)c1ccccc1. The van der Waals surface area contributed by atoms with Gasteiger partial charge in [-0.1, -0.05) is 39.0 Å². The van der Waals surface area contributed by atoms with Crippen molar-refractivity contribution in [3.8, 4) is 0 Å². The fourth-order valence-electron chi connectivity index (χ4n) is 1.89. The van der Waals surface area contributed by atoms with Gasteiger partial charge in [-0.15, -0.1) is 0 Å². The number of aliphatic hydroxyl groups is 1. The van der Waals surface area contributed by atoms with Gasteiger partial charge in [0.15, 0.2) is 6.29 Å². The number of rotatable bonds is 7. The van der Waals surface area contributed by atoms with Crippen LogP contribution in [0.4, 0.5) is 0 Å². The van der Waals surface area contributed by atoms with Gasteiger partial charge >= 0.3 is 0 Å². The molecule has 5 heteroatoms. The number of hydrogen-bond acceptors (Lipinski definition) is 4. The molecule has 108 valence electrons. The molecule has 0 radical (unpaired) electrons. The Hall–Kier alpha value is -0.670. The quantitative estimate of drug-likeness (QED) is 0.595. The summed E-state index contributed by atoms with van der Waals surface area (Å²) in [7, 11) is -3.04. The van der Waals surface area contributed by atoms with Crippen molar-refractivity contribution in [3.05, 3.63) is 30.3 Å². The highest BCUT2D eigenvalue weighted by Gasteiger charge is 2.29. The third-order valence-electron chi connectivity index (χ3n) is 2.95. The van der Waals surface area contributed by atoms with Crippen molar-refractivity contribution in [2.24, 2.45) is 11.7 Å². The van der Waals surface area contributed by atoms with Crippen LogP contribution in [0.1, 0.15) is 27.2 Å². The highest BCUT2D eigenvalue weighted by Crippen LogP contribution is 2.46. The molecule has 0 saturated carbocycles. The van der Waals surface area contributed by atoms with E-state index < -0.39 is 19.7 Å². The fourth-order valence-corrected chi connectivity index (χ4v) is 3.65. The number of hydrogen-bond donors (Lipinski definition) is 2. The van der Waals surface area contributed by atoms with E-state index in [-0.39, 0.29) is 0 Å². The van der Waals surface area contributed by atoms with Crippen LogP contribution in [0.25, 0.3) is 0 Å². The van der Waals surface area contributed by atoms with Crippen molar-refractivity contribution >= 4 is 12.7 Å². The minimum atomic E-state index is -3.04. The van der Waals surface area contributed by atoms with Crippen molar-refractivity contribution < 1.29 is 14.2 Å². The zero-order valence-electron chi connectivity index (χ0n) is 11.8. The summed E-state index contributed by atoms with van der Waals surface area (Å²) >= 11 is 0. The first kappa shape index (κ1) is 16.4. The third-order valence-corrected chi connectivity index (χ3v) is 5.43. The van der Waals surface area contributed by atoms with Crippen LogP contribution in [-0.2, 0) is 9.09 Å². The lowest BCUT2D eigenvalue weighted by Crippen LogP contribution is -2.38. The van der Waals surface area contributed by atoms with E-state index in [0.29, 0.717) is 23.8 Å². The molecule has 0 saturated heterocycles. The van der Waals surface area contributed by atoms with Crippen LogP contribution in [0.15, 0.2) is 30.3 Å². The van der Waals surface area contributed by atoms with Gasteiger partial charge in [0.25, 0.3) is 0 Å². The van der Waals surface area contributed by atoms with Crippen LogP contribution in [0, 0.1) is 5.92 Å². The normalized spacial score (nSPS) is 18.0. The molecule has 0 amide bonds. The Morgan fingerprint density at radius 3 is 2.37 bits per heavy atom. The largest absolute Gasteiger partial charge is 0.366 e. The molecule has 0 spiro atoms. The maximum absolute atomic E-state index is 12.7. The Bertz CT molecular complexity index is 422. The molecule has 0 bridgehead atoms. The zero-order valence-corrected chi connectivity index (χ0v) is 12.7. The second-order valence-corrected chi connectivity index (χ2v) is 7.82. The molecule has 0 aliphatic heterocycles. The summed E-state index contributed by atoms with van der Waals surface area (Å²) in [5.74, 6) is 0.353. The Labute approximate surface area is 115 Å². The van der Waals surface area contributed by atoms with E-state index in [1.54, 1.807) is 31.2 Å². The molecule has 2 unspecified atom stereocenters. The van der Waals surface area contributed by atoms with Crippen LogP contribution in [0.3, 0.4) is 0 Å². The summed E-state index contributed by atoms with van der Waals surface area (Å²) in [5, 5.41) is 10.6. The molecule has 0 heterocycles. The predicted molar refractivity (Wildman–Crippen MR) is 78.7 cm³/mol. The second kappa shape index (κ2) is 7.20. The van der Waals surface area contributed by atoms with Crippen molar-refractivity contribution in [1.82, 2.24) is 0 Å². The van der Waals surface area contributed by atoms with Gasteiger partial charge in [0.05, 0.1) is 6.04 Å². The minimum Gasteiger partial charge on any atom is -0.366 e. The fraction of sp³-hybridized carbons (Fsp3) is 0.571. The topological polar surface area (TPSA) is 72.5 Å². The van der Waals surface area contributed by atoms with E-state index in [1.807, 2.05) is 19.9 Å². The van der Waals surface area contributed by atoms with E-state index in [9.17, 15) is 9.67 Å². The summed E-state index contributed by atoms with van der Waals surface area (Å²) in [4.78, 5) is 0. The summed E-state index contributed by atoms with van der Waals surface area (Å²) < 4.78 is 18.2. The molecule has 1 aromatic carbocycles. The highest BCUT2D eigenvalue weighted by atomic mass is 31.2. The molecular weight excluding hydrogens is 261 g/mol. The van der Waals surface area contributed by atoms with E-state index in [1.165, 1.54) is 0 Å². The molecular formula is C14H24NO3P. The van der Waals surface area contributed by atoms with Crippen LogP contribution in [0.2, 0.25) is 0 Å². The maximum Gasteiger partial charge on any atom is 0.234 e. The number of aliphatic hydroxyl groups excluding tert-OH is 1. The van der Waals surface area contributed by atoms with Gasteiger partial charge < -0.3 is 10.8 Å². The van der Waals surface area contributed by atoms with Gasteiger partial charge in [-0.3, -0.25) is 9.09 Å². The molecule has 0 aromatic heterocycles. The molecule has 4 nitrogen and oxygen atoms in total. The van der Waals surface area contributed by atoms with Crippen LogP contribution < -0.4 is 11.0 Å². The summed E-state index contributed by atoms with van der Waals surface area (Å²) in [6.45, 7) is 5.82. The Balaban J connectivity index is 2.79. The third kappa shape index (κ3) is 4.73. The van der Waals surface area contributed by atoms with E-state index >= 15 is 0 Å². The van der Waals surface area contributed by atoms with Gasteiger partial charge in [0.2, 0.25) is 7.37 Å². The van der Waals surface area contributed by atoms with Crippen LogP contribution in [-0.4, -0.2) is 23.6 Å². The summed E-state index contributed by atoms with van der Waals surface area (Å²) in [5.41, 5.74) is 5.86. The van der Waals surface area contributed by atoms with Gasteiger partial charge in [-0.05, 0) is 24.5 Å². The molecule has 0 aliphatic carbocycles. The average molecular weight is 285 g/mol. The minimum absolute atomic E-state index is 0.336. The van der Waals surface area contributed by atoms with Gasteiger partial charge in [-0.25, -0.2) is 0 Å². The van der Waals surface area contributed by atoms with Gasteiger partial charge in [0.1, 0.15) is 0 Å². The first-order chi connectivity index (χ1) is 8.89. The lowest BCUT2D eigenvalue weighted by atomic mass is 10.0. The first-order valence-electron chi connectivity index (χ1n) is 6.65.